The van der Waals surface area contributed by atoms with Gasteiger partial charge in [0.2, 0.25) is 10.0 Å². The average Bonchev–Trinajstić information content (AvgIpc) is 2.72. The SMILES string of the molecule is O=C1O[C@H]2CCN(S(=O)(=O)c3ccc(OC(F)(F)F)cc3)[C@@H]1C2. The van der Waals surface area contributed by atoms with Gasteiger partial charge in [-0.15, -0.1) is 13.2 Å². The molecule has 2 aliphatic rings. The van der Waals surface area contributed by atoms with Crippen molar-refractivity contribution >= 4 is 16.0 Å². The summed E-state index contributed by atoms with van der Waals surface area (Å²) >= 11 is 0. The van der Waals surface area contributed by atoms with Crippen LogP contribution in [0.1, 0.15) is 12.8 Å². The highest BCUT2D eigenvalue weighted by Crippen LogP contribution is 2.33. The molecule has 10 heteroatoms. The number of nitrogens with zero attached hydrogens (tertiary/aromatic N) is 1. The molecule has 2 atom stereocenters. The van der Waals surface area contributed by atoms with Crippen LogP contribution in [-0.4, -0.2) is 43.7 Å². The Morgan fingerprint density at radius 1 is 1.22 bits per heavy atom. The first-order valence-electron chi connectivity index (χ1n) is 6.75. The second-order valence-electron chi connectivity index (χ2n) is 5.23. The van der Waals surface area contributed by atoms with Crippen molar-refractivity contribution in [3.05, 3.63) is 24.3 Å². The average molecular weight is 351 g/mol. The first-order valence-corrected chi connectivity index (χ1v) is 8.19. The highest BCUT2D eigenvalue weighted by atomic mass is 32.2. The lowest BCUT2D eigenvalue weighted by Gasteiger charge is -2.28. The Labute approximate surface area is 129 Å². The number of halogens is 3. The van der Waals surface area contributed by atoms with Gasteiger partial charge in [0.15, 0.2) is 0 Å². The number of rotatable bonds is 3. The summed E-state index contributed by atoms with van der Waals surface area (Å²) in [6.07, 6.45) is -4.42. The van der Waals surface area contributed by atoms with E-state index in [1.807, 2.05) is 0 Å². The molecule has 0 spiro atoms. The fraction of sp³-hybridized carbons (Fsp3) is 0.462. The molecule has 0 saturated carbocycles. The first-order chi connectivity index (χ1) is 10.7. The van der Waals surface area contributed by atoms with Gasteiger partial charge in [0.1, 0.15) is 17.9 Å². The summed E-state index contributed by atoms with van der Waals surface area (Å²) < 4.78 is 71.2. The third-order valence-electron chi connectivity index (χ3n) is 3.72. The van der Waals surface area contributed by atoms with Crippen LogP contribution < -0.4 is 4.74 Å². The molecule has 3 rings (SSSR count). The molecule has 1 aromatic carbocycles. The number of fused-ring (bicyclic) bond motifs is 2. The maximum Gasteiger partial charge on any atom is 0.573 e. The summed E-state index contributed by atoms with van der Waals surface area (Å²) in [7, 11) is -3.99. The molecule has 0 aromatic heterocycles. The number of carbonyl (C=O) groups excluding carboxylic acids is 1. The van der Waals surface area contributed by atoms with Crippen molar-refractivity contribution in [2.75, 3.05) is 6.54 Å². The van der Waals surface area contributed by atoms with Crippen LogP contribution in [0.15, 0.2) is 29.2 Å². The Bertz CT molecular complexity index is 716. The number of ether oxygens (including phenoxy) is 2. The second kappa shape index (κ2) is 5.38. The molecule has 0 aliphatic carbocycles. The summed E-state index contributed by atoms with van der Waals surface area (Å²) in [4.78, 5) is 11.5. The van der Waals surface area contributed by atoms with Crippen LogP contribution in [0.25, 0.3) is 0 Å². The maximum atomic E-state index is 12.6. The van der Waals surface area contributed by atoms with Gasteiger partial charge < -0.3 is 9.47 Å². The molecule has 2 aliphatic heterocycles. The fourth-order valence-corrected chi connectivity index (χ4v) is 4.32. The van der Waals surface area contributed by atoms with E-state index in [4.69, 9.17) is 4.74 Å². The van der Waals surface area contributed by atoms with Gasteiger partial charge in [-0.1, -0.05) is 0 Å². The van der Waals surface area contributed by atoms with E-state index >= 15 is 0 Å². The van der Waals surface area contributed by atoms with Crippen LogP contribution in [0.4, 0.5) is 13.2 Å². The van der Waals surface area contributed by atoms with Gasteiger partial charge in [-0.3, -0.25) is 4.79 Å². The molecule has 2 bridgehead atoms. The molecule has 23 heavy (non-hydrogen) atoms. The Balaban J connectivity index is 1.84. The van der Waals surface area contributed by atoms with Crippen molar-refractivity contribution in [1.29, 1.82) is 0 Å². The van der Waals surface area contributed by atoms with E-state index in [1.54, 1.807) is 0 Å². The van der Waals surface area contributed by atoms with E-state index in [2.05, 4.69) is 4.74 Å². The smallest absolute Gasteiger partial charge is 0.461 e. The predicted molar refractivity (Wildman–Crippen MR) is 69.9 cm³/mol. The molecule has 0 radical (unpaired) electrons. The number of carbonyl (C=O) groups is 1. The summed E-state index contributed by atoms with van der Waals surface area (Å²) in [5.41, 5.74) is 0. The topological polar surface area (TPSA) is 72.9 Å². The molecule has 0 N–H and O–H groups in total. The lowest BCUT2D eigenvalue weighted by Crippen LogP contribution is -2.45. The molecular weight excluding hydrogens is 339 g/mol. The van der Waals surface area contributed by atoms with Gasteiger partial charge in [-0.05, 0) is 30.7 Å². The third kappa shape index (κ3) is 3.13. The minimum absolute atomic E-state index is 0.129. The third-order valence-corrected chi connectivity index (χ3v) is 5.65. The van der Waals surface area contributed by atoms with E-state index in [0.717, 1.165) is 28.6 Å². The molecule has 6 nitrogen and oxygen atoms in total. The van der Waals surface area contributed by atoms with Crippen LogP contribution in [0.5, 0.6) is 5.75 Å². The van der Waals surface area contributed by atoms with Gasteiger partial charge in [0.05, 0.1) is 4.90 Å². The lowest BCUT2D eigenvalue weighted by molar-refractivity contribution is -0.274. The molecule has 2 saturated heterocycles. The quantitative estimate of drug-likeness (QED) is 0.775. The highest BCUT2D eigenvalue weighted by molar-refractivity contribution is 7.89. The fourth-order valence-electron chi connectivity index (χ4n) is 2.71. The number of piperidine rings is 1. The molecule has 2 fully saturated rings. The van der Waals surface area contributed by atoms with E-state index in [-0.39, 0.29) is 17.5 Å². The Morgan fingerprint density at radius 2 is 1.87 bits per heavy atom. The maximum absolute atomic E-state index is 12.6. The van der Waals surface area contributed by atoms with Crippen molar-refractivity contribution in [2.45, 2.75) is 36.2 Å². The monoisotopic (exact) mass is 351 g/mol. The molecule has 2 heterocycles. The minimum Gasteiger partial charge on any atom is -0.461 e. The standard InChI is InChI=1S/C13H12F3NO5S/c14-13(15,16)22-8-1-3-10(4-2-8)23(19,20)17-6-5-9-7-11(17)12(18)21-9/h1-4,9,11H,5-7H2/t9-,11+/m0/s1. The number of esters is 1. The number of hydrogen-bond acceptors (Lipinski definition) is 5. The second-order valence-corrected chi connectivity index (χ2v) is 7.12. The van der Waals surface area contributed by atoms with Crippen LogP contribution >= 0.6 is 0 Å². The lowest BCUT2D eigenvalue weighted by atomic mass is 10.1. The largest absolute Gasteiger partial charge is 0.573 e. The van der Waals surface area contributed by atoms with Crippen LogP contribution in [-0.2, 0) is 19.6 Å². The number of sulfonamides is 1. The number of benzene rings is 1. The van der Waals surface area contributed by atoms with E-state index in [9.17, 15) is 26.4 Å². The van der Waals surface area contributed by atoms with Gasteiger partial charge in [-0.25, -0.2) is 8.42 Å². The summed E-state index contributed by atoms with van der Waals surface area (Å²) in [6, 6.07) is 3.00. The number of alkyl halides is 3. The molecule has 0 unspecified atom stereocenters. The van der Waals surface area contributed by atoms with Crippen molar-refractivity contribution < 1.29 is 35.9 Å². The predicted octanol–water partition coefficient (Wildman–Crippen LogP) is 1.66. The molecular formula is C13H12F3NO5S. The summed E-state index contributed by atoms with van der Waals surface area (Å²) in [5.74, 6) is -1.11. The number of hydrogen-bond donors (Lipinski definition) is 0. The van der Waals surface area contributed by atoms with E-state index in [1.165, 1.54) is 0 Å². The molecule has 1 aromatic rings. The van der Waals surface area contributed by atoms with Gasteiger partial charge in [-0.2, -0.15) is 4.31 Å². The zero-order valence-corrected chi connectivity index (χ0v) is 12.4. The van der Waals surface area contributed by atoms with E-state index < -0.39 is 34.1 Å². The van der Waals surface area contributed by atoms with Crippen LogP contribution in [0.2, 0.25) is 0 Å². The molecule has 0 amide bonds. The van der Waals surface area contributed by atoms with Crippen molar-refractivity contribution in [3.8, 4) is 5.75 Å². The minimum atomic E-state index is -4.85. The van der Waals surface area contributed by atoms with Crippen LogP contribution in [0.3, 0.4) is 0 Å². The van der Waals surface area contributed by atoms with Crippen molar-refractivity contribution in [1.82, 2.24) is 4.31 Å². The Hall–Kier alpha value is -1.81. The van der Waals surface area contributed by atoms with E-state index in [0.29, 0.717) is 12.8 Å². The van der Waals surface area contributed by atoms with Gasteiger partial charge in [0, 0.05) is 13.0 Å². The zero-order chi connectivity index (χ0) is 16.8. The highest BCUT2D eigenvalue weighted by Gasteiger charge is 2.47. The summed E-state index contributed by atoms with van der Waals surface area (Å²) in [6.45, 7) is 0.129. The normalized spacial score (nSPS) is 25.3. The Kier molecular flexibility index (Phi) is 3.75. The van der Waals surface area contributed by atoms with Crippen molar-refractivity contribution in [2.24, 2.45) is 0 Å². The zero-order valence-electron chi connectivity index (χ0n) is 11.6. The molecule has 126 valence electrons. The summed E-state index contributed by atoms with van der Waals surface area (Å²) in [5, 5.41) is 0. The van der Waals surface area contributed by atoms with Crippen LogP contribution in [0, 0.1) is 0 Å². The Morgan fingerprint density at radius 3 is 2.48 bits per heavy atom. The van der Waals surface area contributed by atoms with Gasteiger partial charge >= 0.3 is 12.3 Å². The first kappa shape index (κ1) is 16.1. The van der Waals surface area contributed by atoms with Crippen molar-refractivity contribution in [3.63, 3.8) is 0 Å². The van der Waals surface area contributed by atoms with Gasteiger partial charge in [0.25, 0.3) is 0 Å².